The summed E-state index contributed by atoms with van der Waals surface area (Å²) in [4.78, 5) is 24.2. The highest BCUT2D eigenvalue weighted by Crippen LogP contribution is 2.32. The van der Waals surface area contributed by atoms with E-state index in [2.05, 4.69) is 5.32 Å². The second-order valence-electron chi connectivity index (χ2n) is 4.69. The molecule has 16 heavy (non-hydrogen) atoms. The molecule has 2 N–H and O–H groups in total. The van der Waals surface area contributed by atoms with Crippen molar-refractivity contribution >= 4 is 12.4 Å². The molecule has 2 atom stereocenters. The number of hydrogen-bond acceptors (Lipinski definition) is 3. The summed E-state index contributed by atoms with van der Waals surface area (Å²) in [6.07, 6.45) is 1.13. The average Bonchev–Trinajstić information content (AvgIpc) is 2.21. The van der Waals surface area contributed by atoms with Gasteiger partial charge in [0.05, 0.1) is 0 Å². The molecule has 2 unspecified atom stereocenters. The van der Waals surface area contributed by atoms with Crippen molar-refractivity contribution in [2.45, 2.75) is 38.8 Å². The van der Waals surface area contributed by atoms with E-state index in [0.717, 1.165) is 0 Å². The molecule has 1 amide bonds. The average molecular weight is 228 g/mol. The number of rotatable bonds is 4. The van der Waals surface area contributed by atoms with Crippen LogP contribution in [0.1, 0.15) is 27.2 Å². The molecular weight excluding hydrogens is 208 g/mol. The zero-order valence-electron chi connectivity index (χ0n) is 10.1. The Morgan fingerprint density at radius 2 is 2.25 bits per heavy atom. The van der Waals surface area contributed by atoms with Gasteiger partial charge in [-0.3, -0.25) is 4.79 Å². The Morgan fingerprint density at radius 3 is 2.62 bits per heavy atom. The third-order valence-corrected chi connectivity index (χ3v) is 3.45. The number of carboxylic acids is 1. The number of carbonyl (C=O) groups excluding carboxylic acids is 1. The SMILES string of the molecule is CC(C)N(C=O)C1(C(=O)O)CCNCC1C. The van der Waals surface area contributed by atoms with Crippen molar-refractivity contribution in [1.82, 2.24) is 10.2 Å². The highest BCUT2D eigenvalue weighted by atomic mass is 16.4. The van der Waals surface area contributed by atoms with Crippen LogP contribution in [0.4, 0.5) is 0 Å². The number of hydrogen-bond donors (Lipinski definition) is 2. The van der Waals surface area contributed by atoms with Gasteiger partial charge in [-0.2, -0.15) is 0 Å². The molecule has 1 aliphatic rings. The van der Waals surface area contributed by atoms with E-state index in [1.165, 1.54) is 4.90 Å². The van der Waals surface area contributed by atoms with Gasteiger partial charge in [0.2, 0.25) is 6.41 Å². The van der Waals surface area contributed by atoms with Gasteiger partial charge in [0, 0.05) is 18.5 Å². The van der Waals surface area contributed by atoms with E-state index in [4.69, 9.17) is 0 Å². The standard InChI is InChI=1S/C11H20N2O3/c1-8(2)13(7-14)11(10(15)16)4-5-12-6-9(11)3/h7-9,12H,4-6H2,1-3H3,(H,15,16). The van der Waals surface area contributed by atoms with Gasteiger partial charge in [0.1, 0.15) is 5.54 Å². The Morgan fingerprint density at radius 1 is 1.62 bits per heavy atom. The number of piperidine rings is 1. The van der Waals surface area contributed by atoms with Crippen LogP contribution in [0.2, 0.25) is 0 Å². The molecule has 0 aromatic rings. The molecule has 5 heteroatoms. The summed E-state index contributed by atoms with van der Waals surface area (Å²) in [5.74, 6) is -0.992. The second kappa shape index (κ2) is 4.82. The molecule has 0 radical (unpaired) electrons. The topological polar surface area (TPSA) is 69.6 Å². The summed E-state index contributed by atoms with van der Waals surface area (Å²) in [5.41, 5.74) is -1.05. The molecule has 1 rings (SSSR count). The van der Waals surface area contributed by atoms with Crippen LogP contribution >= 0.6 is 0 Å². The molecule has 1 fully saturated rings. The van der Waals surface area contributed by atoms with E-state index < -0.39 is 11.5 Å². The van der Waals surface area contributed by atoms with E-state index >= 15 is 0 Å². The van der Waals surface area contributed by atoms with Crippen molar-refractivity contribution in [3.8, 4) is 0 Å². The number of carbonyl (C=O) groups is 2. The van der Waals surface area contributed by atoms with Crippen molar-refractivity contribution < 1.29 is 14.7 Å². The van der Waals surface area contributed by atoms with Crippen LogP contribution in [0.15, 0.2) is 0 Å². The van der Waals surface area contributed by atoms with Crippen LogP contribution in [0.5, 0.6) is 0 Å². The molecule has 0 aromatic carbocycles. The summed E-state index contributed by atoms with van der Waals surface area (Å²) in [6, 6.07) is -0.103. The van der Waals surface area contributed by atoms with Crippen molar-refractivity contribution in [3.63, 3.8) is 0 Å². The predicted octanol–water partition coefficient (Wildman–Crippen LogP) is 0.306. The fraction of sp³-hybridized carbons (Fsp3) is 0.818. The molecular formula is C11H20N2O3. The fourth-order valence-electron chi connectivity index (χ4n) is 2.50. The third kappa shape index (κ3) is 1.91. The maximum Gasteiger partial charge on any atom is 0.330 e. The zero-order chi connectivity index (χ0) is 12.3. The van der Waals surface area contributed by atoms with Crippen LogP contribution in [-0.2, 0) is 9.59 Å². The molecule has 5 nitrogen and oxygen atoms in total. The zero-order valence-corrected chi connectivity index (χ0v) is 10.1. The van der Waals surface area contributed by atoms with Gasteiger partial charge in [0.25, 0.3) is 0 Å². The number of amides is 1. The van der Waals surface area contributed by atoms with Gasteiger partial charge in [-0.05, 0) is 26.8 Å². The van der Waals surface area contributed by atoms with Crippen molar-refractivity contribution in [2.24, 2.45) is 5.92 Å². The normalized spacial score (nSPS) is 30.1. The lowest BCUT2D eigenvalue weighted by Crippen LogP contribution is -2.65. The lowest BCUT2D eigenvalue weighted by atomic mass is 9.77. The van der Waals surface area contributed by atoms with E-state index in [1.807, 2.05) is 20.8 Å². The van der Waals surface area contributed by atoms with Crippen molar-refractivity contribution in [1.29, 1.82) is 0 Å². The third-order valence-electron chi connectivity index (χ3n) is 3.45. The summed E-state index contributed by atoms with van der Waals surface area (Å²) in [5, 5.41) is 12.6. The van der Waals surface area contributed by atoms with Gasteiger partial charge < -0.3 is 15.3 Å². The molecule has 1 aliphatic heterocycles. The van der Waals surface area contributed by atoms with Gasteiger partial charge in [-0.15, -0.1) is 0 Å². The second-order valence-corrected chi connectivity index (χ2v) is 4.69. The summed E-state index contributed by atoms with van der Waals surface area (Å²) >= 11 is 0. The molecule has 0 aromatic heterocycles. The first-order valence-electron chi connectivity index (χ1n) is 5.64. The smallest absolute Gasteiger partial charge is 0.330 e. The van der Waals surface area contributed by atoms with Crippen molar-refractivity contribution in [3.05, 3.63) is 0 Å². The minimum Gasteiger partial charge on any atom is -0.479 e. The summed E-state index contributed by atoms with van der Waals surface area (Å²) in [6.45, 7) is 6.82. The Balaban J connectivity index is 3.12. The van der Waals surface area contributed by atoms with Crippen LogP contribution < -0.4 is 5.32 Å². The minimum absolute atomic E-state index is 0.0913. The lowest BCUT2D eigenvalue weighted by Gasteiger charge is -2.47. The molecule has 0 aliphatic carbocycles. The van der Waals surface area contributed by atoms with E-state index in [1.54, 1.807) is 0 Å². The van der Waals surface area contributed by atoms with Gasteiger partial charge in [-0.25, -0.2) is 4.79 Å². The lowest BCUT2D eigenvalue weighted by molar-refractivity contribution is -0.163. The first kappa shape index (κ1) is 13.0. The van der Waals surface area contributed by atoms with E-state index in [0.29, 0.717) is 25.9 Å². The Hall–Kier alpha value is -1.10. The molecule has 1 saturated heterocycles. The maximum absolute atomic E-state index is 11.6. The number of carboxylic acid groups (broad SMARTS) is 1. The number of nitrogens with zero attached hydrogens (tertiary/aromatic N) is 1. The van der Waals surface area contributed by atoms with E-state index in [9.17, 15) is 14.7 Å². The van der Waals surface area contributed by atoms with E-state index in [-0.39, 0.29) is 12.0 Å². The van der Waals surface area contributed by atoms with Gasteiger partial charge in [-0.1, -0.05) is 6.92 Å². The molecule has 92 valence electrons. The molecule has 0 bridgehead atoms. The van der Waals surface area contributed by atoms with Crippen LogP contribution in [0, 0.1) is 5.92 Å². The largest absolute Gasteiger partial charge is 0.479 e. The number of aliphatic carboxylic acids is 1. The summed E-state index contributed by atoms with van der Waals surface area (Å²) < 4.78 is 0. The maximum atomic E-state index is 11.6. The minimum atomic E-state index is -1.05. The van der Waals surface area contributed by atoms with Crippen LogP contribution in [0.3, 0.4) is 0 Å². The monoisotopic (exact) mass is 228 g/mol. The Kier molecular flexibility index (Phi) is 3.91. The predicted molar refractivity (Wildman–Crippen MR) is 60.1 cm³/mol. The first-order chi connectivity index (χ1) is 7.46. The van der Waals surface area contributed by atoms with Crippen molar-refractivity contribution in [2.75, 3.05) is 13.1 Å². The molecule has 0 spiro atoms. The fourth-order valence-corrected chi connectivity index (χ4v) is 2.50. The van der Waals surface area contributed by atoms with Gasteiger partial charge >= 0.3 is 5.97 Å². The molecule has 1 heterocycles. The summed E-state index contributed by atoms with van der Waals surface area (Å²) in [7, 11) is 0. The van der Waals surface area contributed by atoms with Crippen LogP contribution in [-0.4, -0.2) is 47.1 Å². The Bertz CT molecular complexity index is 280. The Labute approximate surface area is 95.8 Å². The molecule has 0 saturated carbocycles. The van der Waals surface area contributed by atoms with Gasteiger partial charge in [0.15, 0.2) is 0 Å². The van der Waals surface area contributed by atoms with Crippen LogP contribution in [0.25, 0.3) is 0 Å². The quantitative estimate of drug-likeness (QED) is 0.679. The highest BCUT2D eigenvalue weighted by molar-refractivity contribution is 5.82. The first-order valence-corrected chi connectivity index (χ1v) is 5.64. The highest BCUT2D eigenvalue weighted by Gasteiger charge is 2.50. The number of nitrogens with one attached hydrogen (secondary N) is 1.